The molecule has 6 heteroatoms. The minimum Gasteiger partial charge on any atom is -0.444 e. The van der Waals surface area contributed by atoms with Gasteiger partial charge in [-0.15, -0.1) is 0 Å². The van der Waals surface area contributed by atoms with Gasteiger partial charge in [0.05, 0.1) is 17.7 Å². The third-order valence-corrected chi connectivity index (χ3v) is 5.10. The van der Waals surface area contributed by atoms with Crippen molar-refractivity contribution in [3.63, 3.8) is 0 Å². The summed E-state index contributed by atoms with van der Waals surface area (Å²) in [4.78, 5) is 14.5. The summed E-state index contributed by atoms with van der Waals surface area (Å²) in [5.74, 6) is 0. The van der Waals surface area contributed by atoms with Crippen molar-refractivity contribution in [2.75, 3.05) is 13.1 Å². The SMILES string of the molecule is CC(C)(C)OC(=O)N[C@@H]1CCN(C(c2ccc(Cl)cc2)c2ccc(C#N)cc2)C1. The third kappa shape index (κ3) is 5.72. The highest BCUT2D eigenvalue weighted by molar-refractivity contribution is 6.30. The molecule has 1 saturated heterocycles. The number of halogens is 1. The smallest absolute Gasteiger partial charge is 0.407 e. The van der Waals surface area contributed by atoms with Gasteiger partial charge >= 0.3 is 6.09 Å². The first-order chi connectivity index (χ1) is 13.7. The number of alkyl carbamates (subject to hydrolysis) is 1. The molecule has 0 radical (unpaired) electrons. The normalized spacial score (nSPS) is 18.1. The van der Waals surface area contributed by atoms with Crippen LogP contribution in [0.4, 0.5) is 4.79 Å². The van der Waals surface area contributed by atoms with E-state index in [1.54, 1.807) is 0 Å². The molecule has 2 aromatic carbocycles. The number of ether oxygens (including phenoxy) is 1. The number of benzene rings is 2. The zero-order valence-corrected chi connectivity index (χ0v) is 17.7. The summed E-state index contributed by atoms with van der Waals surface area (Å²) in [7, 11) is 0. The van der Waals surface area contributed by atoms with Crippen LogP contribution in [-0.4, -0.2) is 35.7 Å². The van der Waals surface area contributed by atoms with Crippen molar-refractivity contribution < 1.29 is 9.53 Å². The highest BCUT2D eigenvalue weighted by atomic mass is 35.5. The molecule has 1 N–H and O–H groups in total. The van der Waals surface area contributed by atoms with E-state index >= 15 is 0 Å². The number of nitrogens with one attached hydrogen (secondary N) is 1. The van der Waals surface area contributed by atoms with Crippen molar-refractivity contribution in [1.29, 1.82) is 5.26 Å². The van der Waals surface area contributed by atoms with Gasteiger partial charge in [0.15, 0.2) is 0 Å². The van der Waals surface area contributed by atoms with Gasteiger partial charge in [0.2, 0.25) is 0 Å². The Kier molecular flexibility index (Phi) is 6.46. The molecule has 0 aromatic heterocycles. The first-order valence-corrected chi connectivity index (χ1v) is 10.1. The summed E-state index contributed by atoms with van der Waals surface area (Å²) in [6, 6.07) is 17.7. The number of nitrogens with zero attached hydrogens (tertiary/aromatic N) is 2. The average molecular weight is 412 g/mol. The number of hydrogen-bond donors (Lipinski definition) is 1. The Hall–Kier alpha value is -2.55. The highest BCUT2D eigenvalue weighted by Gasteiger charge is 2.32. The molecule has 0 saturated carbocycles. The molecule has 1 fully saturated rings. The monoisotopic (exact) mass is 411 g/mol. The van der Waals surface area contributed by atoms with Gasteiger partial charge in [-0.05, 0) is 62.6 Å². The zero-order valence-electron chi connectivity index (χ0n) is 17.0. The van der Waals surface area contributed by atoms with Gasteiger partial charge in [-0.25, -0.2) is 4.79 Å². The van der Waals surface area contributed by atoms with Crippen molar-refractivity contribution in [3.8, 4) is 6.07 Å². The predicted molar refractivity (Wildman–Crippen MR) is 114 cm³/mol. The number of amides is 1. The van der Waals surface area contributed by atoms with E-state index in [-0.39, 0.29) is 18.2 Å². The summed E-state index contributed by atoms with van der Waals surface area (Å²) >= 11 is 6.08. The van der Waals surface area contributed by atoms with Crippen LogP contribution in [0, 0.1) is 11.3 Å². The third-order valence-electron chi connectivity index (χ3n) is 4.85. The molecule has 2 atom stereocenters. The summed E-state index contributed by atoms with van der Waals surface area (Å²) in [5.41, 5.74) is 2.34. The van der Waals surface area contributed by atoms with Gasteiger partial charge in [0.1, 0.15) is 5.60 Å². The molecule has 0 spiro atoms. The lowest BCUT2D eigenvalue weighted by Crippen LogP contribution is -2.41. The lowest BCUT2D eigenvalue weighted by Gasteiger charge is -2.29. The average Bonchev–Trinajstić information content (AvgIpc) is 3.10. The van der Waals surface area contributed by atoms with Crippen molar-refractivity contribution >= 4 is 17.7 Å². The maximum atomic E-state index is 12.1. The Morgan fingerprint density at radius 1 is 1.17 bits per heavy atom. The van der Waals surface area contributed by atoms with Crippen LogP contribution in [0.2, 0.25) is 5.02 Å². The van der Waals surface area contributed by atoms with E-state index in [0.717, 1.165) is 24.1 Å². The maximum absolute atomic E-state index is 12.1. The largest absolute Gasteiger partial charge is 0.444 e. The lowest BCUT2D eigenvalue weighted by molar-refractivity contribution is 0.0505. The van der Waals surface area contributed by atoms with Gasteiger partial charge in [0, 0.05) is 24.2 Å². The number of nitriles is 1. The molecule has 2 aromatic rings. The van der Waals surface area contributed by atoms with Crippen LogP contribution in [0.15, 0.2) is 48.5 Å². The first kappa shape index (κ1) is 21.2. The van der Waals surface area contributed by atoms with Crippen molar-refractivity contribution in [2.24, 2.45) is 0 Å². The van der Waals surface area contributed by atoms with E-state index < -0.39 is 5.60 Å². The minimum absolute atomic E-state index is 0.0189. The molecule has 152 valence electrons. The van der Waals surface area contributed by atoms with Crippen molar-refractivity contribution in [3.05, 3.63) is 70.2 Å². The Morgan fingerprint density at radius 2 is 1.76 bits per heavy atom. The molecule has 3 rings (SSSR count). The molecule has 5 nitrogen and oxygen atoms in total. The second-order valence-electron chi connectivity index (χ2n) is 8.31. The van der Waals surface area contributed by atoms with Gasteiger partial charge in [0.25, 0.3) is 0 Å². The van der Waals surface area contributed by atoms with E-state index in [1.807, 2.05) is 69.3 Å². The number of carbonyl (C=O) groups excluding carboxylic acids is 1. The summed E-state index contributed by atoms with van der Waals surface area (Å²) in [6.07, 6.45) is 0.463. The quantitative estimate of drug-likeness (QED) is 0.777. The van der Waals surface area contributed by atoms with Crippen LogP contribution in [0.5, 0.6) is 0 Å². The molecule has 1 amide bonds. The molecule has 1 aliphatic heterocycles. The Balaban J connectivity index is 1.79. The molecule has 29 heavy (non-hydrogen) atoms. The van der Waals surface area contributed by atoms with E-state index in [0.29, 0.717) is 17.1 Å². The fraction of sp³-hybridized carbons (Fsp3) is 0.391. The number of likely N-dealkylation sites (tertiary alicyclic amines) is 1. The number of rotatable bonds is 4. The molecule has 0 bridgehead atoms. The fourth-order valence-corrected chi connectivity index (χ4v) is 3.74. The minimum atomic E-state index is -0.517. The molecule has 1 unspecified atom stereocenters. The Bertz CT molecular complexity index is 882. The predicted octanol–water partition coefficient (Wildman–Crippen LogP) is 4.90. The van der Waals surface area contributed by atoms with Crippen molar-refractivity contribution in [2.45, 2.75) is 44.9 Å². The second kappa shape index (κ2) is 8.86. The number of carbonyl (C=O) groups is 1. The van der Waals surface area contributed by atoms with Crippen LogP contribution in [0.1, 0.15) is 49.9 Å². The topological polar surface area (TPSA) is 65.4 Å². The standard InChI is InChI=1S/C23H26ClN3O2/c1-23(2,3)29-22(28)26-20-12-13-27(15-20)21(18-8-10-19(24)11-9-18)17-6-4-16(14-25)5-7-17/h4-11,20-21H,12-13,15H2,1-3H3,(H,26,28)/t20-,21?/m1/s1. The summed E-state index contributed by atoms with van der Waals surface area (Å²) in [5, 5.41) is 12.8. The molecule has 1 aliphatic rings. The Morgan fingerprint density at radius 3 is 2.31 bits per heavy atom. The molecule has 0 aliphatic carbocycles. The van der Waals surface area contributed by atoms with Crippen LogP contribution in [-0.2, 0) is 4.74 Å². The van der Waals surface area contributed by atoms with Gasteiger partial charge in [-0.1, -0.05) is 35.9 Å². The van der Waals surface area contributed by atoms with Crippen LogP contribution in [0.3, 0.4) is 0 Å². The van der Waals surface area contributed by atoms with Crippen LogP contribution in [0.25, 0.3) is 0 Å². The first-order valence-electron chi connectivity index (χ1n) is 9.74. The van der Waals surface area contributed by atoms with Crippen LogP contribution < -0.4 is 5.32 Å². The van der Waals surface area contributed by atoms with Gasteiger partial charge < -0.3 is 10.1 Å². The summed E-state index contributed by atoms with van der Waals surface area (Å²) < 4.78 is 5.39. The van der Waals surface area contributed by atoms with E-state index in [9.17, 15) is 4.79 Å². The number of hydrogen-bond acceptors (Lipinski definition) is 4. The molecule has 1 heterocycles. The zero-order chi connectivity index (χ0) is 21.0. The van der Waals surface area contributed by atoms with Crippen LogP contribution >= 0.6 is 11.6 Å². The van der Waals surface area contributed by atoms with Gasteiger partial charge in [-0.2, -0.15) is 5.26 Å². The second-order valence-corrected chi connectivity index (χ2v) is 8.75. The molecular weight excluding hydrogens is 386 g/mol. The fourth-order valence-electron chi connectivity index (χ4n) is 3.61. The van der Waals surface area contributed by atoms with E-state index in [1.165, 1.54) is 0 Å². The summed E-state index contributed by atoms with van der Waals surface area (Å²) in [6.45, 7) is 7.12. The lowest BCUT2D eigenvalue weighted by atomic mass is 9.96. The molecular formula is C23H26ClN3O2. The van der Waals surface area contributed by atoms with E-state index in [4.69, 9.17) is 21.6 Å². The maximum Gasteiger partial charge on any atom is 0.407 e. The van der Waals surface area contributed by atoms with E-state index in [2.05, 4.69) is 16.3 Å². The van der Waals surface area contributed by atoms with Gasteiger partial charge in [-0.3, -0.25) is 4.90 Å². The van der Waals surface area contributed by atoms with Crippen molar-refractivity contribution in [1.82, 2.24) is 10.2 Å². The highest BCUT2D eigenvalue weighted by Crippen LogP contribution is 2.32. The Labute approximate surface area is 177 Å².